The first-order valence-corrected chi connectivity index (χ1v) is 13.1. The second-order valence-electron chi connectivity index (χ2n) is 9.65. The Labute approximate surface area is 209 Å². The molecule has 176 valence electrons. The van der Waals surface area contributed by atoms with Crippen LogP contribution >= 0.6 is 15.9 Å². The quantitative estimate of drug-likeness (QED) is 0.457. The number of hydrogen-bond donors (Lipinski definition) is 1. The second-order valence-corrected chi connectivity index (χ2v) is 10.6. The smallest absolute Gasteiger partial charge is 0.337 e. The Balaban J connectivity index is 1.53. The number of Topliss-reactive ketones (excluding diaryl/α,β-unsaturated/α-hetero) is 1. The van der Waals surface area contributed by atoms with Crippen molar-refractivity contribution in [2.75, 3.05) is 0 Å². The molecule has 0 unspecified atom stereocenters. The van der Waals surface area contributed by atoms with Crippen molar-refractivity contribution in [2.45, 2.75) is 69.8 Å². The van der Waals surface area contributed by atoms with E-state index in [0.717, 1.165) is 53.5 Å². The molecule has 34 heavy (non-hydrogen) atoms. The van der Waals surface area contributed by atoms with Gasteiger partial charge in [0.05, 0.1) is 5.57 Å². The summed E-state index contributed by atoms with van der Waals surface area (Å²) < 4.78 is 6.93. The molecule has 2 aliphatic carbocycles. The lowest BCUT2D eigenvalue weighted by Gasteiger charge is -2.37. The third-order valence-corrected chi connectivity index (χ3v) is 7.82. The maximum absolute atomic E-state index is 13.7. The van der Waals surface area contributed by atoms with E-state index in [-0.39, 0.29) is 23.8 Å². The maximum atomic E-state index is 13.7. The molecule has 2 aromatic rings. The third kappa shape index (κ3) is 4.63. The van der Waals surface area contributed by atoms with Crippen molar-refractivity contribution in [3.05, 3.63) is 92.7 Å². The van der Waals surface area contributed by atoms with E-state index in [0.29, 0.717) is 17.6 Å². The van der Waals surface area contributed by atoms with E-state index in [1.807, 2.05) is 49.4 Å². The highest BCUT2D eigenvalue weighted by Crippen LogP contribution is 2.46. The van der Waals surface area contributed by atoms with Crippen molar-refractivity contribution in [1.29, 1.82) is 0 Å². The highest BCUT2D eigenvalue weighted by molar-refractivity contribution is 9.10. The molecule has 2 aromatic carbocycles. The van der Waals surface area contributed by atoms with Crippen molar-refractivity contribution < 1.29 is 14.3 Å². The average molecular weight is 520 g/mol. The molecular weight excluding hydrogens is 490 g/mol. The first kappa shape index (κ1) is 23.1. The predicted molar refractivity (Wildman–Crippen MR) is 136 cm³/mol. The summed E-state index contributed by atoms with van der Waals surface area (Å²) in [6.45, 7) is 1.93. The summed E-state index contributed by atoms with van der Waals surface area (Å²) in [7, 11) is 0. The van der Waals surface area contributed by atoms with Crippen LogP contribution < -0.4 is 5.32 Å². The van der Waals surface area contributed by atoms with Gasteiger partial charge in [0.2, 0.25) is 0 Å². The number of dihydropyridines is 1. The summed E-state index contributed by atoms with van der Waals surface area (Å²) in [6, 6.07) is 18.2. The van der Waals surface area contributed by atoms with E-state index in [9.17, 15) is 9.59 Å². The zero-order valence-corrected chi connectivity index (χ0v) is 21.1. The molecule has 1 aliphatic heterocycles. The van der Waals surface area contributed by atoms with Gasteiger partial charge in [0.25, 0.3) is 0 Å². The summed E-state index contributed by atoms with van der Waals surface area (Å²) in [5.74, 6) is -0.491. The van der Waals surface area contributed by atoms with Crippen LogP contribution in [0.2, 0.25) is 0 Å². The topological polar surface area (TPSA) is 55.4 Å². The lowest BCUT2D eigenvalue weighted by Crippen LogP contribution is -2.37. The highest BCUT2D eigenvalue weighted by atomic mass is 79.9. The summed E-state index contributed by atoms with van der Waals surface area (Å²) in [5.41, 5.74) is 5.10. The van der Waals surface area contributed by atoms with E-state index in [1.54, 1.807) is 0 Å². The van der Waals surface area contributed by atoms with E-state index in [4.69, 9.17) is 4.74 Å². The van der Waals surface area contributed by atoms with Crippen LogP contribution in [0, 0.1) is 0 Å². The molecule has 1 heterocycles. The number of carbonyl (C=O) groups is 2. The van der Waals surface area contributed by atoms with Crippen molar-refractivity contribution in [3.63, 3.8) is 0 Å². The van der Waals surface area contributed by atoms with E-state index >= 15 is 0 Å². The van der Waals surface area contributed by atoms with Gasteiger partial charge in [-0.25, -0.2) is 4.79 Å². The number of ketones is 1. The summed E-state index contributed by atoms with van der Waals surface area (Å²) in [5, 5.41) is 3.46. The van der Waals surface area contributed by atoms with Crippen molar-refractivity contribution in [1.82, 2.24) is 5.32 Å². The van der Waals surface area contributed by atoms with Crippen LogP contribution in [0.15, 0.2) is 81.6 Å². The van der Waals surface area contributed by atoms with Crippen molar-refractivity contribution in [3.8, 4) is 0 Å². The van der Waals surface area contributed by atoms with Gasteiger partial charge in [-0.15, -0.1) is 0 Å². The molecule has 2 atom stereocenters. The highest BCUT2D eigenvalue weighted by Gasteiger charge is 2.42. The van der Waals surface area contributed by atoms with Gasteiger partial charge >= 0.3 is 5.97 Å². The summed E-state index contributed by atoms with van der Waals surface area (Å²) in [4.78, 5) is 27.2. The second kappa shape index (κ2) is 9.91. The number of hydrogen-bond acceptors (Lipinski definition) is 4. The number of benzene rings is 2. The fourth-order valence-corrected chi connectivity index (χ4v) is 6.10. The zero-order valence-electron chi connectivity index (χ0n) is 19.5. The van der Waals surface area contributed by atoms with Gasteiger partial charge in [-0.05, 0) is 68.2 Å². The molecule has 3 aliphatic rings. The van der Waals surface area contributed by atoms with Gasteiger partial charge in [-0.3, -0.25) is 4.79 Å². The van der Waals surface area contributed by atoms with Crippen LogP contribution in [-0.2, 0) is 14.3 Å². The number of nitrogens with one attached hydrogen (secondary N) is 1. The van der Waals surface area contributed by atoms with Crippen LogP contribution in [0.3, 0.4) is 0 Å². The van der Waals surface area contributed by atoms with Crippen LogP contribution in [0.1, 0.15) is 74.8 Å². The van der Waals surface area contributed by atoms with Crippen molar-refractivity contribution >= 4 is 27.7 Å². The molecule has 1 fully saturated rings. The number of esters is 1. The Morgan fingerprint density at radius 3 is 2.44 bits per heavy atom. The fraction of sp³-hybridized carbons (Fsp3) is 0.379. The number of halogens is 1. The Hall–Kier alpha value is -2.66. The first-order chi connectivity index (χ1) is 16.5. The van der Waals surface area contributed by atoms with E-state index in [2.05, 4.69) is 33.4 Å². The molecule has 0 spiro atoms. The van der Waals surface area contributed by atoms with Gasteiger partial charge < -0.3 is 10.1 Å². The molecule has 1 N–H and O–H groups in total. The molecule has 0 radical (unpaired) electrons. The molecule has 5 heteroatoms. The Bertz CT molecular complexity index is 1160. The number of allylic oxidation sites excluding steroid dienone is 3. The normalized spacial score (nSPS) is 23.4. The molecule has 1 saturated carbocycles. The fourth-order valence-electron chi connectivity index (χ4n) is 5.69. The van der Waals surface area contributed by atoms with E-state index in [1.165, 1.54) is 12.0 Å². The molecule has 0 saturated heterocycles. The number of ether oxygens (including phenoxy) is 1. The number of carbonyl (C=O) groups excluding carboxylic acids is 2. The van der Waals surface area contributed by atoms with Gasteiger partial charge in [-0.2, -0.15) is 0 Å². The van der Waals surface area contributed by atoms with Crippen LogP contribution in [0.4, 0.5) is 0 Å². The Morgan fingerprint density at radius 1 is 0.971 bits per heavy atom. The standard InChI is InChI=1S/C29H30BrNO3/c1-18-26(29(33)34-23-13-6-3-7-14-23)27(20-11-8-12-22(30)15-20)28-24(31-18)16-21(17-25(28)32)19-9-4-2-5-10-19/h2,4-5,8-12,15,21,23,27,31H,3,6-7,13-14,16-17H2,1H3/t21-,27-/m0/s1. The zero-order chi connectivity index (χ0) is 23.7. The summed E-state index contributed by atoms with van der Waals surface area (Å²) in [6.07, 6.45) is 6.37. The average Bonchev–Trinajstić information content (AvgIpc) is 2.84. The number of rotatable bonds is 4. The van der Waals surface area contributed by atoms with Crippen LogP contribution in [0.5, 0.6) is 0 Å². The Morgan fingerprint density at radius 2 is 1.71 bits per heavy atom. The third-order valence-electron chi connectivity index (χ3n) is 7.33. The van der Waals surface area contributed by atoms with Crippen LogP contribution in [-0.4, -0.2) is 17.9 Å². The molecule has 4 nitrogen and oxygen atoms in total. The van der Waals surface area contributed by atoms with Gasteiger partial charge in [0, 0.05) is 33.8 Å². The van der Waals surface area contributed by atoms with Gasteiger partial charge in [0.1, 0.15) is 6.10 Å². The Kier molecular flexibility index (Phi) is 6.73. The maximum Gasteiger partial charge on any atom is 0.337 e. The van der Waals surface area contributed by atoms with Crippen molar-refractivity contribution in [2.24, 2.45) is 0 Å². The predicted octanol–water partition coefficient (Wildman–Crippen LogP) is 6.69. The minimum Gasteiger partial charge on any atom is -0.459 e. The first-order valence-electron chi connectivity index (χ1n) is 12.3. The lowest BCUT2D eigenvalue weighted by molar-refractivity contribution is -0.146. The lowest BCUT2D eigenvalue weighted by atomic mass is 9.71. The molecule has 0 bridgehead atoms. The molecule has 5 rings (SSSR count). The SMILES string of the molecule is CC1=C(C(=O)OC2CCCCC2)[C@H](c2cccc(Br)c2)C2=C(C[C@H](c3ccccc3)CC2=O)N1. The molecule has 0 aromatic heterocycles. The van der Waals surface area contributed by atoms with Gasteiger partial charge in [0.15, 0.2) is 5.78 Å². The molecule has 0 amide bonds. The summed E-state index contributed by atoms with van der Waals surface area (Å²) >= 11 is 3.57. The minimum atomic E-state index is -0.422. The van der Waals surface area contributed by atoms with E-state index < -0.39 is 5.92 Å². The largest absolute Gasteiger partial charge is 0.459 e. The minimum absolute atomic E-state index is 0.0374. The van der Waals surface area contributed by atoms with Gasteiger partial charge in [-0.1, -0.05) is 64.8 Å². The monoisotopic (exact) mass is 519 g/mol. The van der Waals surface area contributed by atoms with Crippen LogP contribution in [0.25, 0.3) is 0 Å². The molecular formula is C29H30BrNO3.